The van der Waals surface area contributed by atoms with E-state index in [2.05, 4.69) is 4.98 Å². The summed E-state index contributed by atoms with van der Waals surface area (Å²) in [5.74, 6) is 0.0343. The third-order valence-electron chi connectivity index (χ3n) is 1.76. The van der Waals surface area contributed by atoms with Crippen molar-refractivity contribution in [3.8, 4) is 0 Å². The number of aromatic nitrogens is 1. The zero-order valence-corrected chi connectivity index (χ0v) is 9.63. The van der Waals surface area contributed by atoms with E-state index in [-0.39, 0.29) is 11.7 Å². The summed E-state index contributed by atoms with van der Waals surface area (Å²) in [6, 6.07) is 1.76. The molecule has 82 valence electrons. The molecule has 2 N–H and O–H groups in total. The molecule has 0 bridgehead atoms. The van der Waals surface area contributed by atoms with Crippen LogP contribution in [0.4, 0.5) is 5.69 Å². The number of esters is 1. The number of rotatable bonds is 4. The van der Waals surface area contributed by atoms with Crippen LogP contribution in [0.15, 0.2) is 17.3 Å². The van der Waals surface area contributed by atoms with Gasteiger partial charge in [-0.25, -0.2) is 4.98 Å². The van der Waals surface area contributed by atoms with E-state index in [0.717, 1.165) is 10.6 Å². The second-order valence-electron chi connectivity index (χ2n) is 2.97. The number of anilines is 1. The SMILES string of the molecule is CCOC(=O)CSc1cc(N)c(C)cn1. The van der Waals surface area contributed by atoms with Crippen molar-refractivity contribution < 1.29 is 9.53 Å². The Morgan fingerprint density at radius 1 is 1.67 bits per heavy atom. The Morgan fingerprint density at radius 2 is 2.40 bits per heavy atom. The molecule has 4 nitrogen and oxygen atoms in total. The number of nitrogen functional groups attached to an aromatic ring is 1. The van der Waals surface area contributed by atoms with Crippen LogP contribution in [0, 0.1) is 6.92 Å². The number of carbonyl (C=O) groups is 1. The van der Waals surface area contributed by atoms with E-state index in [1.54, 1.807) is 19.2 Å². The molecule has 0 spiro atoms. The predicted octanol–water partition coefficient (Wildman–Crippen LogP) is 1.63. The first-order valence-electron chi connectivity index (χ1n) is 4.64. The Hall–Kier alpha value is -1.23. The second kappa shape index (κ2) is 5.60. The molecule has 0 aliphatic heterocycles. The molecule has 0 fully saturated rings. The fraction of sp³-hybridized carbons (Fsp3) is 0.400. The zero-order valence-electron chi connectivity index (χ0n) is 8.82. The molecule has 1 rings (SSSR count). The summed E-state index contributed by atoms with van der Waals surface area (Å²) >= 11 is 1.33. The van der Waals surface area contributed by atoms with E-state index in [9.17, 15) is 4.79 Å². The van der Waals surface area contributed by atoms with Crippen LogP contribution in [0.2, 0.25) is 0 Å². The largest absolute Gasteiger partial charge is 0.465 e. The Morgan fingerprint density at radius 3 is 3.00 bits per heavy atom. The number of aryl methyl sites for hydroxylation is 1. The molecule has 15 heavy (non-hydrogen) atoms. The lowest BCUT2D eigenvalue weighted by molar-refractivity contribution is -0.139. The van der Waals surface area contributed by atoms with Crippen LogP contribution in [0.5, 0.6) is 0 Å². The first-order valence-corrected chi connectivity index (χ1v) is 5.62. The highest BCUT2D eigenvalue weighted by Gasteiger charge is 2.05. The molecule has 1 heterocycles. The average Bonchev–Trinajstić information content (AvgIpc) is 2.20. The maximum absolute atomic E-state index is 11.1. The summed E-state index contributed by atoms with van der Waals surface area (Å²) in [6.45, 7) is 4.08. The van der Waals surface area contributed by atoms with Gasteiger partial charge in [-0.1, -0.05) is 11.8 Å². The predicted molar refractivity (Wildman–Crippen MR) is 60.7 cm³/mol. The summed E-state index contributed by atoms with van der Waals surface area (Å²) < 4.78 is 4.80. The molecule has 0 atom stereocenters. The molecule has 0 saturated carbocycles. The fourth-order valence-electron chi connectivity index (χ4n) is 0.934. The van der Waals surface area contributed by atoms with Gasteiger partial charge in [-0.2, -0.15) is 0 Å². The highest BCUT2D eigenvalue weighted by Crippen LogP contribution is 2.19. The number of hydrogen-bond acceptors (Lipinski definition) is 5. The fourth-order valence-corrected chi connectivity index (χ4v) is 1.62. The van der Waals surface area contributed by atoms with Gasteiger partial charge in [0.2, 0.25) is 0 Å². The third kappa shape index (κ3) is 3.79. The Labute approximate surface area is 93.2 Å². The van der Waals surface area contributed by atoms with Crippen LogP contribution in [-0.4, -0.2) is 23.3 Å². The number of carbonyl (C=O) groups excluding carboxylic acids is 1. The highest BCUT2D eigenvalue weighted by atomic mass is 32.2. The molecule has 1 aromatic rings. The Bertz CT molecular complexity index is 355. The van der Waals surface area contributed by atoms with Crippen LogP contribution >= 0.6 is 11.8 Å². The first kappa shape index (κ1) is 11.8. The maximum Gasteiger partial charge on any atom is 0.316 e. The molecule has 0 aliphatic carbocycles. The van der Waals surface area contributed by atoms with Crippen molar-refractivity contribution in [2.75, 3.05) is 18.1 Å². The van der Waals surface area contributed by atoms with Gasteiger partial charge in [0.1, 0.15) is 0 Å². The van der Waals surface area contributed by atoms with Gasteiger partial charge in [0.05, 0.1) is 17.4 Å². The molecular formula is C10H14N2O2S. The van der Waals surface area contributed by atoms with E-state index in [0.29, 0.717) is 12.3 Å². The van der Waals surface area contributed by atoms with E-state index >= 15 is 0 Å². The minimum Gasteiger partial charge on any atom is -0.465 e. The maximum atomic E-state index is 11.1. The molecule has 5 heteroatoms. The van der Waals surface area contributed by atoms with Crippen LogP contribution in [0.1, 0.15) is 12.5 Å². The van der Waals surface area contributed by atoms with Crippen LogP contribution in [-0.2, 0) is 9.53 Å². The summed E-state index contributed by atoms with van der Waals surface area (Å²) in [5, 5.41) is 0.742. The van der Waals surface area contributed by atoms with Gasteiger partial charge in [-0.3, -0.25) is 4.79 Å². The van der Waals surface area contributed by atoms with Gasteiger partial charge >= 0.3 is 5.97 Å². The molecule has 0 aliphatic rings. The minimum absolute atomic E-state index is 0.233. The molecule has 0 unspecified atom stereocenters. The van der Waals surface area contributed by atoms with Gasteiger partial charge in [0.25, 0.3) is 0 Å². The Balaban J connectivity index is 2.51. The molecule has 0 radical (unpaired) electrons. The smallest absolute Gasteiger partial charge is 0.316 e. The van der Waals surface area contributed by atoms with Crippen molar-refractivity contribution in [1.29, 1.82) is 0 Å². The number of ether oxygens (including phenoxy) is 1. The van der Waals surface area contributed by atoms with E-state index in [1.165, 1.54) is 11.8 Å². The van der Waals surface area contributed by atoms with E-state index < -0.39 is 0 Å². The lowest BCUT2D eigenvalue weighted by Gasteiger charge is -2.03. The van der Waals surface area contributed by atoms with Gasteiger partial charge in [0.15, 0.2) is 0 Å². The zero-order chi connectivity index (χ0) is 11.3. The minimum atomic E-state index is -0.233. The van der Waals surface area contributed by atoms with Gasteiger partial charge in [-0.05, 0) is 25.5 Å². The lowest BCUT2D eigenvalue weighted by Crippen LogP contribution is -2.06. The lowest BCUT2D eigenvalue weighted by atomic mass is 10.3. The van der Waals surface area contributed by atoms with Crippen LogP contribution < -0.4 is 5.73 Å². The Kier molecular flexibility index (Phi) is 4.42. The molecule has 0 aromatic carbocycles. The summed E-state index contributed by atoms with van der Waals surface area (Å²) in [7, 11) is 0. The van der Waals surface area contributed by atoms with Gasteiger partial charge < -0.3 is 10.5 Å². The third-order valence-corrected chi connectivity index (χ3v) is 2.66. The topological polar surface area (TPSA) is 65.2 Å². The average molecular weight is 226 g/mol. The van der Waals surface area contributed by atoms with Gasteiger partial charge in [0, 0.05) is 11.9 Å². The number of nitrogens with zero attached hydrogens (tertiary/aromatic N) is 1. The van der Waals surface area contributed by atoms with Crippen LogP contribution in [0.25, 0.3) is 0 Å². The summed E-state index contributed by atoms with van der Waals surface area (Å²) in [4.78, 5) is 15.2. The molecule has 1 aromatic heterocycles. The summed E-state index contributed by atoms with van der Waals surface area (Å²) in [6.07, 6.45) is 1.70. The molecular weight excluding hydrogens is 212 g/mol. The number of pyridine rings is 1. The summed E-state index contributed by atoms with van der Waals surface area (Å²) in [5.41, 5.74) is 7.35. The molecule has 0 saturated heterocycles. The second-order valence-corrected chi connectivity index (χ2v) is 3.97. The van der Waals surface area contributed by atoms with Crippen LogP contribution in [0.3, 0.4) is 0 Å². The van der Waals surface area contributed by atoms with Crippen molar-refractivity contribution in [2.24, 2.45) is 0 Å². The standard InChI is InChI=1S/C10H14N2O2S/c1-3-14-10(13)6-15-9-4-8(11)7(2)5-12-9/h4-5H,3,6H2,1-2H3,(H2,11,12). The van der Waals surface area contributed by atoms with Gasteiger partial charge in [-0.15, -0.1) is 0 Å². The van der Waals surface area contributed by atoms with E-state index in [4.69, 9.17) is 10.5 Å². The van der Waals surface area contributed by atoms with Crippen molar-refractivity contribution >= 4 is 23.4 Å². The monoisotopic (exact) mass is 226 g/mol. The van der Waals surface area contributed by atoms with E-state index in [1.807, 2.05) is 6.92 Å². The van der Waals surface area contributed by atoms with Crippen molar-refractivity contribution in [1.82, 2.24) is 4.98 Å². The molecule has 0 amide bonds. The highest BCUT2D eigenvalue weighted by molar-refractivity contribution is 7.99. The number of hydrogen-bond donors (Lipinski definition) is 1. The van der Waals surface area contributed by atoms with Crippen molar-refractivity contribution in [2.45, 2.75) is 18.9 Å². The first-order chi connectivity index (χ1) is 7.13. The number of nitrogens with two attached hydrogens (primary N) is 1. The number of thioether (sulfide) groups is 1. The quantitative estimate of drug-likeness (QED) is 0.624. The normalized spacial score (nSPS) is 10.0. The van der Waals surface area contributed by atoms with Crippen molar-refractivity contribution in [3.05, 3.63) is 17.8 Å². The van der Waals surface area contributed by atoms with Crippen molar-refractivity contribution in [3.63, 3.8) is 0 Å².